The van der Waals surface area contributed by atoms with Gasteiger partial charge >= 0.3 is 6.09 Å². The second kappa shape index (κ2) is 7.38. The SMILES string of the molecule is CC(C)(C)OC(=O)NC1CCCC(NCC(C)(C)S(C)(=O)=O)C1. The molecule has 6 nitrogen and oxygen atoms in total. The number of alkyl carbamates (subject to hydrolysis) is 1. The van der Waals surface area contributed by atoms with Crippen molar-refractivity contribution in [3.05, 3.63) is 0 Å². The van der Waals surface area contributed by atoms with E-state index in [2.05, 4.69) is 10.6 Å². The second-order valence-electron chi connectivity index (χ2n) is 8.12. The molecule has 7 heteroatoms. The van der Waals surface area contributed by atoms with Crippen LogP contribution in [0.3, 0.4) is 0 Å². The first-order valence-corrected chi connectivity index (χ1v) is 10.1. The highest BCUT2D eigenvalue weighted by molar-refractivity contribution is 7.92. The van der Waals surface area contributed by atoms with Crippen LogP contribution in [-0.2, 0) is 14.6 Å². The fourth-order valence-electron chi connectivity index (χ4n) is 2.50. The van der Waals surface area contributed by atoms with E-state index in [-0.39, 0.29) is 18.2 Å². The zero-order chi connectivity index (χ0) is 17.9. The molecule has 0 heterocycles. The van der Waals surface area contributed by atoms with Gasteiger partial charge in [-0.15, -0.1) is 0 Å². The number of hydrogen-bond acceptors (Lipinski definition) is 5. The minimum absolute atomic E-state index is 0.0671. The molecular weight excluding hydrogens is 316 g/mol. The van der Waals surface area contributed by atoms with Crippen LogP contribution in [0.5, 0.6) is 0 Å². The quantitative estimate of drug-likeness (QED) is 0.796. The third kappa shape index (κ3) is 7.08. The van der Waals surface area contributed by atoms with Crippen molar-refractivity contribution in [2.45, 2.75) is 82.7 Å². The van der Waals surface area contributed by atoms with Crippen molar-refractivity contribution in [3.8, 4) is 0 Å². The van der Waals surface area contributed by atoms with Crippen LogP contribution in [0.2, 0.25) is 0 Å². The van der Waals surface area contributed by atoms with Gasteiger partial charge in [-0.2, -0.15) is 0 Å². The van der Waals surface area contributed by atoms with E-state index in [1.165, 1.54) is 6.26 Å². The molecule has 0 aromatic rings. The van der Waals surface area contributed by atoms with Gasteiger partial charge in [0.15, 0.2) is 9.84 Å². The highest BCUT2D eigenvalue weighted by Gasteiger charge is 2.32. The number of carbonyl (C=O) groups is 1. The Labute approximate surface area is 140 Å². The Balaban J connectivity index is 2.48. The summed E-state index contributed by atoms with van der Waals surface area (Å²) in [5, 5.41) is 6.26. The van der Waals surface area contributed by atoms with Crippen molar-refractivity contribution in [2.75, 3.05) is 12.8 Å². The Morgan fingerprint density at radius 3 is 2.22 bits per heavy atom. The minimum Gasteiger partial charge on any atom is -0.444 e. The second-order valence-corrected chi connectivity index (χ2v) is 10.8. The fraction of sp³-hybridized carbons (Fsp3) is 0.938. The van der Waals surface area contributed by atoms with E-state index in [9.17, 15) is 13.2 Å². The van der Waals surface area contributed by atoms with Crippen LogP contribution in [0.25, 0.3) is 0 Å². The lowest BCUT2D eigenvalue weighted by Crippen LogP contribution is -2.49. The van der Waals surface area contributed by atoms with E-state index in [4.69, 9.17) is 4.74 Å². The molecule has 2 atom stereocenters. The first-order valence-electron chi connectivity index (χ1n) is 8.23. The Morgan fingerprint density at radius 2 is 1.70 bits per heavy atom. The highest BCUT2D eigenvalue weighted by atomic mass is 32.2. The maximum Gasteiger partial charge on any atom is 0.407 e. The highest BCUT2D eigenvalue weighted by Crippen LogP contribution is 2.21. The van der Waals surface area contributed by atoms with Gasteiger partial charge in [0.25, 0.3) is 0 Å². The van der Waals surface area contributed by atoms with Gasteiger partial charge in [0.2, 0.25) is 0 Å². The Morgan fingerprint density at radius 1 is 1.13 bits per heavy atom. The monoisotopic (exact) mass is 348 g/mol. The maximum absolute atomic E-state index is 11.8. The van der Waals surface area contributed by atoms with E-state index in [0.717, 1.165) is 25.7 Å². The summed E-state index contributed by atoms with van der Waals surface area (Å²) in [5.74, 6) is 0. The van der Waals surface area contributed by atoms with Crippen LogP contribution < -0.4 is 10.6 Å². The lowest BCUT2D eigenvalue weighted by Gasteiger charge is -2.33. The summed E-state index contributed by atoms with van der Waals surface area (Å²) < 4.78 is 28.0. The first kappa shape index (κ1) is 20.2. The number of carbonyl (C=O) groups excluding carboxylic acids is 1. The van der Waals surface area contributed by atoms with Crippen LogP contribution in [0, 0.1) is 0 Å². The zero-order valence-electron chi connectivity index (χ0n) is 15.2. The van der Waals surface area contributed by atoms with Crippen molar-refractivity contribution in [2.24, 2.45) is 0 Å². The van der Waals surface area contributed by atoms with Crippen molar-refractivity contribution in [3.63, 3.8) is 0 Å². The van der Waals surface area contributed by atoms with Crippen LogP contribution in [0.4, 0.5) is 4.79 Å². The fourth-order valence-corrected chi connectivity index (χ4v) is 2.85. The van der Waals surface area contributed by atoms with Gasteiger partial charge in [-0.3, -0.25) is 0 Å². The number of rotatable bonds is 5. The van der Waals surface area contributed by atoms with Gasteiger partial charge < -0.3 is 15.4 Å². The zero-order valence-corrected chi connectivity index (χ0v) is 16.0. The molecule has 0 saturated heterocycles. The van der Waals surface area contributed by atoms with Gasteiger partial charge in [-0.25, -0.2) is 13.2 Å². The number of hydrogen-bond donors (Lipinski definition) is 2. The molecule has 1 fully saturated rings. The maximum atomic E-state index is 11.8. The van der Waals surface area contributed by atoms with Gasteiger partial charge in [0.1, 0.15) is 5.60 Å². The smallest absolute Gasteiger partial charge is 0.407 e. The van der Waals surface area contributed by atoms with Crippen LogP contribution in [0.1, 0.15) is 60.3 Å². The summed E-state index contributed by atoms with van der Waals surface area (Å²) in [6, 6.07) is 0.280. The predicted molar refractivity (Wildman–Crippen MR) is 92.3 cm³/mol. The molecule has 1 saturated carbocycles. The summed E-state index contributed by atoms with van der Waals surface area (Å²) in [5.41, 5.74) is -0.504. The summed E-state index contributed by atoms with van der Waals surface area (Å²) in [6.07, 6.45) is 4.58. The average Bonchev–Trinajstić information content (AvgIpc) is 2.33. The molecule has 0 aliphatic heterocycles. The van der Waals surface area contributed by atoms with Crippen molar-refractivity contribution in [1.82, 2.24) is 10.6 Å². The number of amides is 1. The van der Waals surface area contributed by atoms with Gasteiger partial charge in [-0.1, -0.05) is 0 Å². The van der Waals surface area contributed by atoms with Gasteiger partial charge in [0.05, 0.1) is 4.75 Å². The third-order valence-corrected chi connectivity index (χ3v) is 6.37. The molecule has 23 heavy (non-hydrogen) atoms. The summed E-state index contributed by atoms with van der Waals surface area (Å²) in [6.45, 7) is 9.39. The lowest BCUT2D eigenvalue weighted by molar-refractivity contribution is 0.0488. The lowest BCUT2D eigenvalue weighted by atomic mass is 9.91. The number of ether oxygens (including phenoxy) is 1. The van der Waals surface area contributed by atoms with E-state index < -0.39 is 20.2 Å². The molecule has 0 aromatic heterocycles. The van der Waals surface area contributed by atoms with Crippen molar-refractivity contribution in [1.29, 1.82) is 0 Å². The van der Waals surface area contributed by atoms with E-state index in [1.54, 1.807) is 13.8 Å². The molecular formula is C16H32N2O4S. The summed E-state index contributed by atoms with van der Waals surface area (Å²) >= 11 is 0. The summed E-state index contributed by atoms with van der Waals surface area (Å²) in [4.78, 5) is 11.8. The van der Waals surface area contributed by atoms with Crippen molar-refractivity contribution < 1.29 is 17.9 Å². The Kier molecular flexibility index (Phi) is 6.49. The summed E-state index contributed by atoms with van der Waals surface area (Å²) in [7, 11) is -3.11. The standard InChI is InChI=1S/C16H32N2O4S/c1-15(2,3)22-14(19)18-13-9-7-8-12(10-13)17-11-16(4,5)23(6,20)21/h12-13,17H,7-11H2,1-6H3,(H,18,19). The molecule has 1 amide bonds. The third-order valence-electron chi connectivity index (χ3n) is 4.22. The average molecular weight is 349 g/mol. The van der Waals surface area contributed by atoms with E-state index in [0.29, 0.717) is 6.54 Å². The largest absolute Gasteiger partial charge is 0.444 e. The van der Waals surface area contributed by atoms with Gasteiger partial charge in [-0.05, 0) is 60.3 Å². The number of sulfone groups is 1. The van der Waals surface area contributed by atoms with Crippen molar-refractivity contribution >= 4 is 15.9 Å². The molecule has 136 valence electrons. The Bertz CT molecular complexity index is 509. The molecule has 2 N–H and O–H groups in total. The van der Waals surface area contributed by atoms with Crippen LogP contribution in [0.15, 0.2) is 0 Å². The predicted octanol–water partition coefficient (Wildman–Crippen LogP) is 2.24. The topological polar surface area (TPSA) is 84.5 Å². The minimum atomic E-state index is -3.11. The normalized spacial score (nSPS) is 23.4. The van der Waals surface area contributed by atoms with Gasteiger partial charge in [0, 0.05) is 24.9 Å². The molecule has 0 bridgehead atoms. The van der Waals surface area contributed by atoms with E-state index >= 15 is 0 Å². The molecule has 0 aromatic carbocycles. The molecule has 1 aliphatic carbocycles. The molecule has 0 radical (unpaired) electrons. The molecule has 1 rings (SSSR count). The van der Waals surface area contributed by atoms with Crippen LogP contribution in [-0.4, -0.2) is 49.7 Å². The number of nitrogens with one attached hydrogen (secondary N) is 2. The molecule has 0 spiro atoms. The van der Waals surface area contributed by atoms with E-state index in [1.807, 2.05) is 20.8 Å². The molecule has 1 aliphatic rings. The molecule has 2 unspecified atom stereocenters. The first-order chi connectivity index (χ1) is 10.3. The van der Waals surface area contributed by atoms with Crippen LogP contribution >= 0.6 is 0 Å². The Hall–Kier alpha value is -0.820.